The average molecular weight is 345 g/mol. The molecule has 0 radical (unpaired) electrons. The van der Waals surface area contributed by atoms with Gasteiger partial charge in [0.25, 0.3) is 0 Å². The van der Waals surface area contributed by atoms with Crippen LogP contribution < -0.4 is 9.64 Å². The Morgan fingerprint density at radius 3 is 2.50 bits per heavy atom. The van der Waals surface area contributed by atoms with Gasteiger partial charge in [0.05, 0.1) is 19.1 Å². The highest BCUT2D eigenvalue weighted by Gasteiger charge is 2.32. The van der Waals surface area contributed by atoms with E-state index in [-0.39, 0.29) is 17.7 Å². The first kappa shape index (κ1) is 17.7. The summed E-state index contributed by atoms with van der Waals surface area (Å²) in [4.78, 5) is 14.6. The van der Waals surface area contributed by atoms with Gasteiger partial charge in [0, 0.05) is 12.2 Å². The molecule has 0 aliphatic heterocycles. The molecule has 0 saturated heterocycles. The monoisotopic (exact) mass is 345 g/mol. The van der Waals surface area contributed by atoms with Crippen LogP contribution in [0, 0.1) is 5.92 Å². The normalized spacial score (nSPS) is 19.0. The van der Waals surface area contributed by atoms with Crippen LogP contribution >= 0.6 is 0 Å². The lowest BCUT2D eigenvalue weighted by atomic mass is 9.97. The summed E-state index contributed by atoms with van der Waals surface area (Å²) in [6.45, 7) is 4.53. The van der Waals surface area contributed by atoms with Gasteiger partial charge in [0.1, 0.15) is 5.75 Å². The fourth-order valence-corrected chi connectivity index (χ4v) is 3.19. The van der Waals surface area contributed by atoms with Crippen molar-refractivity contribution in [3.63, 3.8) is 0 Å². The predicted molar refractivity (Wildman–Crippen MR) is 107 cm³/mol. The van der Waals surface area contributed by atoms with Gasteiger partial charge in [-0.05, 0) is 35.9 Å². The highest BCUT2D eigenvalue weighted by atomic mass is 16.5. The second-order valence-electron chi connectivity index (χ2n) is 6.19. The molecule has 0 spiro atoms. The molecule has 132 valence electrons. The quantitative estimate of drug-likeness (QED) is 0.691. The zero-order valence-corrected chi connectivity index (χ0v) is 14.9. The van der Waals surface area contributed by atoms with Gasteiger partial charge < -0.3 is 9.64 Å². The van der Waals surface area contributed by atoms with E-state index in [4.69, 9.17) is 4.74 Å². The molecule has 3 nitrogen and oxygen atoms in total. The Bertz CT molecular complexity index is 806. The molecule has 2 atom stereocenters. The Balaban J connectivity index is 1.86. The molecule has 0 unspecified atom stereocenters. The third-order valence-electron chi connectivity index (χ3n) is 4.54. The lowest BCUT2D eigenvalue weighted by molar-refractivity contribution is -0.116. The molecular weight excluding hydrogens is 322 g/mol. The maximum absolute atomic E-state index is 12.4. The maximum atomic E-state index is 12.4. The SMILES string of the molecule is C=CCN(c1ccc(OC)cc1)[C@H]1C=CC(=O)[C@@H]1/C=C/c1ccccc1. The first-order valence-corrected chi connectivity index (χ1v) is 8.70. The Hall–Kier alpha value is -3.07. The van der Waals surface area contributed by atoms with Crippen LogP contribution in [0.4, 0.5) is 5.69 Å². The Labute approximate surface area is 154 Å². The zero-order chi connectivity index (χ0) is 18.4. The van der Waals surface area contributed by atoms with E-state index in [1.807, 2.05) is 78.9 Å². The second kappa shape index (κ2) is 8.34. The van der Waals surface area contributed by atoms with Crippen LogP contribution in [-0.4, -0.2) is 25.5 Å². The fraction of sp³-hybridized carbons (Fsp3) is 0.174. The minimum absolute atomic E-state index is 0.0335. The summed E-state index contributed by atoms with van der Waals surface area (Å²) in [6, 6.07) is 17.9. The predicted octanol–water partition coefficient (Wildman–Crippen LogP) is 4.52. The number of hydrogen-bond donors (Lipinski definition) is 0. The molecule has 0 saturated carbocycles. The topological polar surface area (TPSA) is 29.5 Å². The van der Waals surface area contributed by atoms with Gasteiger partial charge in [-0.15, -0.1) is 6.58 Å². The van der Waals surface area contributed by atoms with Gasteiger partial charge in [0.2, 0.25) is 0 Å². The van der Waals surface area contributed by atoms with E-state index in [1.54, 1.807) is 13.2 Å². The average Bonchev–Trinajstić information content (AvgIpc) is 3.05. The minimum atomic E-state index is -0.211. The number of carbonyl (C=O) groups is 1. The molecule has 1 aliphatic carbocycles. The molecule has 0 amide bonds. The Morgan fingerprint density at radius 2 is 1.85 bits per heavy atom. The number of allylic oxidation sites excluding steroid dienone is 1. The van der Waals surface area contributed by atoms with Gasteiger partial charge in [-0.25, -0.2) is 0 Å². The van der Waals surface area contributed by atoms with Gasteiger partial charge in [-0.1, -0.05) is 54.6 Å². The number of ketones is 1. The minimum Gasteiger partial charge on any atom is -0.497 e. The molecule has 2 aromatic rings. The number of rotatable bonds is 7. The molecule has 1 aliphatic rings. The maximum Gasteiger partial charge on any atom is 0.164 e. The molecule has 3 rings (SSSR count). The van der Waals surface area contributed by atoms with Crippen LogP contribution in [0.25, 0.3) is 6.08 Å². The molecule has 0 N–H and O–H groups in total. The molecule has 0 aromatic heterocycles. The summed E-state index contributed by atoms with van der Waals surface area (Å²) < 4.78 is 5.24. The van der Waals surface area contributed by atoms with Crippen molar-refractivity contribution in [3.8, 4) is 5.75 Å². The summed E-state index contributed by atoms with van der Waals surface area (Å²) in [5.74, 6) is 0.730. The van der Waals surface area contributed by atoms with E-state index in [1.165, 1.54) is 0 Å². The number of benzene rings is 2. The lowest BCUT2D eigenvalue weighted by Crippen LogP contribution is -2.39. The van der Waals surface area contributed by atoms with Crippen molar-refractivity contribution in [2.75, 3.05) is 18.6 Å². The van der Waals surface area contributed by atoms with Crippen molar-refractivity contribution in [3.05, 3.63) is 91.0 Å². The van der Waals surface area contributed by atoms with Crippen molar-refractivity contribution in [2.45, 2.75) is 6.04 Å². The van der Waals surface area contributed by atoms with Gasteiger partial charge in [-0.2, -0.15) is 0 Å². The first-order chi connectivity index (χ1) is 12.7. The third kappa shape index (κ3) is 3.94. The van der Waals surface area contributed by atoms with Gasteiger partial charge in [0.15, 0.2) is 5.78 Å². The van der Waals surface area contributed by atoms with Gasteiger partial charge >= 0.3 is 0 Å². The van der Waals surface area contributed by atoms with E-state index in [2.05, 4.69) is 11.5 Å². The van der Waals surface area contributed by atoms with E-state index in [9.17, 15) is 4.79 Å². The Kier molecular flexibility index (Phi) is 5.69. The van der Waals surface area contributed by atoms with Crippen molar-refractivity contribution >= 4 is 17.5 Å². The molecular formula is C23H23NO2. The van der Waals surface area contributed by atoms with E-state index < -0.39 is 0 Å². The van der Waals surface area contributed by atoms with Gasteiger partial charge in [-0.3, -0.25) is 4.79 Å². The summed E-state index contributed by atoms with van der Waals surface area (Å²) in [7, 11) is 1.65. The van der Waals surface area contributed by atoms with Crippen molar-refractivity contribution in [2.24, 2.45) is 5.92 Å². The standard InChI is InChI=1S/C23H23NO2/c1-3-17-24(19-10-12-20(26-2)13-11-19)22-15-16-23(25)21(22)14-9-18-7-5-4-6-8-18/h3-16,21-22H,1,17H2,2H3/b14-9+/t21-,22+/m1/s1. The van der Waals surface area contributed by atoms with E-state index >= 15 is 0 Å². The number of methoxy groups -OCH3 is 1. The third-order valence-corrected chi connectivity index (χ3v) is 4.54. The zero-order valence-electron chi connectivity index (χ0n) is 14.9. The van der Waals surface area contributed by atoms with Crippen LogP contribution in [0.5, 0.6) is 5.75 Å². The molecule has 3 heteroatoms. The molecule has 2 aromatic carbocycles. The smallest absolute Gasteiger partial charge is 0.164 e. The van der Waals surface area contributed by atoms with Crippen LogP contribution in [0.1, 0.15) is 5.56 Å². The second-order valence-corrected chi connectivity index (χ2v) is 6.19. The summed E-state index contributed by atoms with van der Waals surface area (Å²) >= 11 is 0. The number of anilines is 1. The molecule has 0 bridgehead atoms. The van der Waals surface area contributed by atoms with Crippen molar-refractivity contribution in [1.82, 2.24) is 0 Å². The summed E-state index contributed by atoms with van der Waals surface area (Å²) in [6.07, 6.45) is 9.55. The van der Waals surface area contributed by atoms with Crippen LogP contribution in [0.3, 0.4) is 0 Å². The lowest BCUT2D eigenvalue weighted by Gasteiger charge is -2.32. The number of carbonyl (C=O) groups excluding carboxylic acids is 1. The molecule has 26 heavy (non-hydrogen) atoms. The van der Waals surface area contributed by atoms with Crippen LogP contribution in [0.15, 0.2) is 85.5 Å². The number of nitrogens with zero attached hydrogens (tertiary/aromatic N) is 1. The van der Waals surface area contributed by atoms with E-state index in [0.717, 1.165) is 17.0 Å². The summed E-state index contributed by atoms with van der Waals surface area (Å²) in [5.41, 5.74) is 2.12. The fourth-order valence-electron chi connectivity index (χ4n) is 3.19. The molecule has 0 heterocycles. The van der Waals surface area contributed by atoms with Crippen molar-refractivity contribution < 1.29 is 9.53 Å². The first-order valence-electron chi connectivity index (χ1n) is 8.70. The number of hydrogen-bond acceptors (Lipinski definition) is 3. The molecule has 0 fully saturated rings. The Morgan fingerprint density at radius 1 is 1.12 bits per heavy atom. The van der Waals surface area contributed by atoms with Crippen LogP contribution in [0.2, 0.25) is 0 Å². The highest BCUT2D eigenvalue weighted by molar-refractivity contribution is 5.97. The largest absolute Gasteiger partial charge is 0.497 e. The van der Waals surface area contributed by atoms with E-state index in [0.29, 0.717) is 6.54 Å². The number of ether oxygens (including phenoxy) is 1. The van der Waals surface area contributed by atoms with Crippen molar-refractivity contribution in [1.29, 1.82) is 0 Å². The highest BCUT2D eigenvalue weighted by Crippen LogP contribution is 2.29. The van der Waals surface area contributed by atoms with Crippen LogP contribution in [-0.2, 0) is 4.79 Å². The summed E-state index contributed by atoms with van der Waals surface area (Å²) in [5, 5.41) is 0.